The molecular formula is C18H21F2NO. The summed E-state index contributed by atoms with van der Waals surface area (Å²) >= 11 is 0. The van der Waals surface area contributed by atoms with Crippen LogP contribution in [0.1, 0.15) is 37.9 Å². The molecule has 4 heteroatoms. The van der Waals surface area contributed by atoms with Gasteiger partial charge >= 0.3 is 0 Å². The Morgan fingerprint density at radius 1 is 1.05 bits per heavy atom. The van der Waals surface area contributed by atoms with Crippen LogP contribution in [0.3, 0.4) is 0 Å². The highest BCUT2D eigenvalue weighted by molar-refractivity contribution is 5.30. The molecular weight excluding hydrogens is 284 g/mol. The maximum Gasteiger partial charge on any atom is 0.163 e. The summed E-state index contributed by atoms with van der Waals surface area (Å²) < 4.78 is 32.5. The van der Waals surface area contributed by atoms with E-state index in [1.165, 1.54) is 6.07 Å². The normalized spacial score (nSPS) is 12.5. The lowest BCUT2D eigenvalue weighted by atomic mass is 10.1. The minimum absolute atomic E-state index is 0.00150. The van der Waals surface area contributed by atoms with Crippen molar-refractivity contribution in [2.24, 2.45) is 0 Å². The number of halogens is 2. The maximum atomic E-state index is 13.6. The molecule has 0 aromatic heterocycles. The van der Waals surface area contributed by atoms with Gasteiger partial charge in [0.15, 0.2) is 11.6 Å². The summed E-state index contributed by atoms with van der Waals surface area (Å²) in [4.78, 5) is 0. The van der Waals surface area contributed by atoms with E-state index in [1.807, 2.05) is 45.0 Å². The third kappa shape index (κ3) is 4.28. The van der Waals surface area contributed by atoms with Gasteiger partial charge in [0, 0.05) is 18.2 Å². The molecule has 1 N–H and O–H groups in total. The van der Waals surface area contributed by atoms with Gasteiger partial charge in [0.05, 0.1) is 6.10 Å². The van der Waals surface area contributed by atoms with E-state index < -0.39 is 11.6 Å². The van der Waals surface area contributed by atoms with Crippen LogP contribution in [0.25, 0.3) is 0 Å². The zero-order valence-corrected chi connectivity index (χ0v) is 13.1. The first kappa shape index (κ1) is 16.4. The lowest BCUT2D eigenvalue weighted by Crippen LogP contribution is -2.19. The van der Waals surface area contributed by atoms with E-state index in [-0.39, 0.29) is 18.7 Å². The van der Waals surface area contributed by atoms with Crippen LogP contribution in [0.4, 0.5) is 8.78 Å². The molecule has 0 bridgehead atoms. The first-order valence-electron chi connectivity index (χ1n) is 7.40. The zero-order chi connectivity index (χ0) is 16.1. The molecule has 0 aliphatic carbocycles. The molecule has 0 aliphatic rings. The molecule has 0 saturated heterocycles. The van der Waals surface area contributed by atoms with Gasteiger partial charge < -0.3 is 10.1 Å². The summed E-state index contributed by atoms with van der Waals surface area (Å²) in [5.41, 5.74) is 1.36. The Hall–Kier alpha value is -1.94. The van der Waals surface area contributed by atoms with Crippen LogP contribution in [-0.2, 0) is 6.54 Å². The van der Waals surface area contributed by atoms with Crippen LogP contribution in [0.2, 0.25) is 0 Å². The van der Waals surface area contributed by atoms with E-state index in [9.17, 15) is 8.78 Å². The Morgan fingerprint density at radius 3 is 2.50 bits per heavy atom. The number of hydrogen-bond acceptors (Lipinski definition) is 2. The summed E-state index contributed by atoms with van der Waals surface area (Å²) in [5.74, 6) is -0.809. The average molecular weight is 305 g/mol. The molecule has 0 saturated carbocycles. The number of benzene rings is 2. The minimum atomic E-state index is -0.820. The molecule has 1 unspecified atom stereocenters. The molecule has 22 heavy (non-hydrogen) atoms. The monoisotopic (exact) mass is 305 g/mol. The highest BCUT2D eigenvalue weighted by Crippen LogP contribution is 2.21. The van der Waals surface area contributed by atoms with E-state index in [0.29, 0.717) is 5.56 Å². The third-order valence-corrected chi connectivity index (χ3v) is 3.36. The highest BCUT2D eigenvalue weighted by atomic mass is 19.2. The summed E-state index contributed by atoms with van der Waals surface area (Å²) in [6, 6.07) is 12.0. The fraction of sp³-hybridized carbons (Fsp3) is 0.333. The van der Waals surface area contributed by atoms with Crippen LogP contribution < -0.4 is 10.1 Å². The van der Waals surface area contributed by atoms with Crippen LogP contribution >= 0.6 is 0 Å². The quantitative estimate of drug-likeness (QED) is 0.842. The van der Waals surface area contributed by atoms with E-state index in [4.69, 9.17) is 4.74 Å². The van der Waals surface area contributed by atoms with Gasteiger partial charge in [-0.1, -0.05) is 24.3 Å². The summed E-state index contributed by atoms with van der Waals surface area (Å²) in [6.07, 6.45) is 0.111. The first-order valence-corrected chi connectivity index (χ1v) is 7.40. The molecule has 0 aliphatic heterocycles. The van der Waals surface area contributed by atoms with Crippen molar-refractivity contribution in [3.05, 3.63) is 65.2 Å². The van der Waals surface area contributed by atoms with Crippen LogP contribution in [0.15, 0.2) is 42.5 Å². The second-order valence-corrected chi connectivity index (χ2v) is 5.55. The Morgan fingerprint density at radius 2 is 1.77 bits per heavy atom. The molecule has 0 fully saturated rings. The number of rotatable bonds is 6. The van der Waals surface area contributed by atoms with Crippen LogP contribution in [-0.4, -0.2) is 6.10 Å². The first-order chi connectivity index (χ1) is 10.5. The molecule has 2 aromatic carbocycles. The van der Waals surface area contributed by atoms with E-state index in [0.717, 1.165) is 17.4 Å². The van der Waals surface area contributed by atoms with Gasteiger partial charge in [-0.05, 0) is 44.5 Å². The molecule has 2 aromatic rings. The largest absolute Gasteiger partial charge is 0.491 e. The van der Waals surface area contributed by atoms with Gasteiger partial charge in [-0.2, -0.15) is 0 Å². The van der Waals surface area contributed by atoms with Gasteiger partial charge in [-0.3, -0.25) is 0 Å². The summed E-state index contributed by atoms with van der Waals surface area (Å²) in [5, 5.41) is 3.20. The van der Waals surface area contributed by atoms with Crippen molar-refractivity contribution >= 4 is 0 Å². The minimum Gasteiger partial charge on any atom is -0.491 e. The topological polar surface area (TPSA) is 21.3 Å². The number of ether oxygens (including phenoxy) is 1. The molecule has 2 rings (SSSR count). The zero-order valence-electron chi connectivity index (χ0n) is 13.1. The molecule has 0 amide bonds. The van der Waals surface area contributed by atoms with Crippen molar-refractivity contribution in [2.75, 3.05) is 0 Å². The van der Waals surface area contributed by atoms with Gasteiger partial charge in [0.1, 0.15) is 5.75 Å². The fourth-order valence-electron chi connectivity index (χ4n) is 2.20. The number of nitrogens with one attached hydrogen (secondary N) is 1. The Kier molecular flexibility index (Phi) is 5.50. The highest BCUT2D eigenvalue weighted by Gasteiger charge is 2.10. The number of hydrogen-bond donors (Lipinski definition) is 1. The van der Waals surface area contributed by atoms with Gasteiger partial charge in [0.2, 0.25) is 0 Å². The van der Waals surface area contributed by atoms with E-state index in [1.54, 1.807) is 6.07 Å². The third-order valence-electron chi connectivity index (χ3n) is 3.36. The fourth-order valence-corrected chi connectivity index (χ4v) is 2.20. The lowest BCUT2D eigenvalue weighted by molar-refractivity contribution is 0.242. The van der Waals surface area contributed by atoms with Crippen LogP contribution in [0.5, 0.6) is 5.75 Å². The van der Waals surface area contributed by atoms with Gasteiger partial charge in [-0.25, -0.2) is 8.78 Å². The molecule has 0 spiro atoms. The van der Waals surface area contributed by atoms with Crippen LogP contribution in [0, 0.1) is 11.6 Å². The van der Waals surface area contributed by atoms with E-state index in [2.05, 4.69) is 5.32 Å². The Balaban J connectivity index is 2.03. The van der Waals surface area contributed by atoms with Crippen molar-refractivity contribution in [1.82, 2.24) is 5.32 Å². The van der Waals surface area contributed by atoms with Crippen molar-refractivity contribution in [3.8, 4) is 5.75 Å². The summed E-state index contributed by atoms with van der Waals surface area (Å²) in [6.45, 7) is 6.19. The second-order valence-electron chi connectivity index (χ2n) is 5.55. The Labute approximate surface area is 130 Å². The van der Waals surface area contributed by atoms with Gasteiger partial charge in [-0.15, -0.1) is 0 Å². The molecule has 1 atom stereocenters. The average Bonchev–Trinajstić information content (AvgIpc) is 2.48. The summed E-state index contributed by atoms with van der Waals surface area (Å²) in [7, 11) is 0. The SMILES string of the molecule is CC(C)Oc1cccc(C(C)NCc2cccc(F)c2F)c1. The van der Waals surface area contributed by atoms with Crippen molar-refractivity contribution in [2.45, 2.75) is 39.5 Å². The second kappa shape index (κ2) is 7.36. The van der Waals surface area contributed by atoms with Gasteiger partial charge in [0.25, 0.3) is 0 Å². The molecule has 0 heterocycles. The van der Waals surface area contributed by atoms with Crippen molar-refractivity contribution in [1.29, 1.82) is 0 Å². The van der Waals surface area contributed by atoms with E-state index >= 15 is 0 Å². The predicted molar refractivity (Wildman–Crippen MR) is 83.8 cm³/mol. The maximum absolute atomic E-state index is 13.6. The standard InChI is InChI=1S/C18H21F2NO/c1-12(2)22-16-8-4-6-14(10-16)13(3)21-11-15-7-5-9-17(19)18(15)20/h4-10,12-13,21H,11H2,1-3H3. The molecule has 2 nitrogen and oxygen atoms in total. The smallest absolute Gasteiger partial charge is 0.163 e. The Bertz CT molecular complexity index is 628. The van der Waals surface area contributed by atoms with Crippen molar-refractivity contribution in [3.63, 3.8) is 0 Å². The predicted octanol–water partition coefficient (Wildman–Crippen LogP) is 4.60. The van der Waals surface area contributed by atoms with Crippen molar-refractivity contribution < 1.29 is 13.5 Å². The lowest BCUT2D eigenvalue weighted by Gasteiger charge is -2.17. The molecule has 118 valence electrons. The molecule has 0 radical (unpaired) electrons.